The third-order valence-electron chi connectivity index (χ3n) is 2.66. The SMILES string of the molecule is C[C@H](C(=O)O)n1ccc(=O)c2ccc(F)cc21. The summed E-state index contributed by atoms with van der Waals surface area (Å²) < 4.78 is 14.5. The highest BCUT2D eigenvalue weighted by atomic mass is 19.1. The molecule has 0 saturated heterocycles. The van der Waals surface area contributed by atoms with Crippen molar-refractivity contribution in [3.05, 3.63) is 46.5 Å². The Labute approximate surface area is 95.9 Å². The summed E-state index contributed by atoms with van der Waals surface area (Å²) in [5.74, 6) is -1.55. The summed E-state index contributed by atoms with van der Waals surface area (Å²) in [6.45, 7) is 1.47. The first-order chi connectivity index (χ1) is 8.00. The second kappa shape index (κ2) is 4.01. The zero-order valence-electron chi connectivity index (χ0n) is 9.05. The highest BCUT2D eigenvalue weighted by Crippen LogP contribution is 2.16. The predicted molar refractivity (Wildman–Crippen MR) is 60.5 cm³/mol. The predicted octanol–water partition coefficient (Wildman–Crippen LogP) is 1.79. The molecule has 0 saturated carbocycles. The van der Waals surface area contributed by atoms with E-state index in [1.165, 1.54) is 35.9 Å². The van der Waals surface area contributed by atoms with Crippen LogP contribution in [0.4, 0.5) is 4.39 Å². The lowest BCUT2D eigenvalue weighted by Crippen LogP contribution is -2.18. The molecule has 1 aromatic carbocycles. The van der Waals surface area contributed by atoms with Crippen LogP contribution in [0, 0.1) is 5.82 Å². The molecule has 1 N–H and O–H groups in total. The van der Waals surface area contributed by atoms with Crippen LogP contribution < -0.4 is 5.43 Å². The number of pyridine rings is 1. The van der Waals surface area contributed by atoms with Crippen LogP contribution in [-0.2, 0) is 4.79 Å². The van der Waals surface area contributed by atoms with Crippen molar-refractivity contribution in [2.45, 2.75) is 13.0 Å². The summed E-state index contributed by atoms with van der Waals surface area (Å²) in [4.78, 5) is 22.5. The Kier molecular flexibility index (Phi) is 2.67. The fourth-order valence-electron chi connectivity index (χ4n) is 1.70. The van der Waals surface area contributed by atoms with Gasteiger partial charge >= 0.3 is 5.97 Å². The van der Waals surface area contributed by atoms with Crippen molar-refractivity contribution >= 4 is 16.9 Å². The number of aliphatic carboxylic acids is 1. The molecule has 0 unspecified atom stereocenters. The number of carbonyl (C=O) groups is 1. The number of carboxylic acids is 1. The Balaban J connectivity index is 2.81. The minimum absolute atomic E-state index is 0.256. The quantitative estimate of drug-likeness (QED) is 0.863. The number of fused-ring (bicyclic) bond motifs is 1. The van der Waals surface area contributed by atoms with Gasteiger partial charge in [0, 0.05) is 17.6 Å². The fourth-order valence-corrected chi connectivity index (χ4v) is 1.70. The van der Waals surface area contributed by atoms with Crippen molar-refractivity contribution in [2.75, 3.05) is 0 Å². The maximum Gasteiger partial charge on any atom is 0.326 e. The maximum atomic E-state index is 13.2. The van der Waals surface area contributed by atoms with E-state index >= 15 is 0 Å². The zero-order chi connectivity index (χ0) is 12.6. The van der Waals surface area contributed by atoms with E-state index in [0.717, 1.165) is 6.07 Å². The molecule has 5 heteroatoms. The number of benzene rings is 1. The second-order valence-corrected chi connectivity index (χ2v) is 3.76. The minimum atomic E-state index is -1.04. The molecule has 0 aliphatic rings. The zero-order valence-corrected chi connectivity index (χ0v) is 9.05. The van der Waals surface area contributed by atoms with Gasteiger partial charge in [-0.3, -0.25) is 4.79 Å². The van der Waals surface area contributed by atoms with E-state index in [9.17, 15) is 14.0 Å². The van der Waals surface area contributed by atoms with Gasteiger partial charge in [0.05, 0.1) is 5.52 Å². The standard InChI is InChI=1S/C12H10FNO3/c1-7(12(16)17)14-5-4-11(15)9-3-2-8(13)6-10(9)14/h2-7H,1H3,(H,16,17)/t7-/m1/s1. The first-order valence-electron chi connectivity index (χ1n) is 5.04. The number of hydrogen-bond donors (Lipinski definition) is 1. The monoisotopic (exact) mass is 235 g/mol. The number of hydrogen-bond acceptors (Lipinski definition) is 2. The fraction of sp³-hybridized carbons (Fsp3) is 0.167. The molecular weight excluding hydrogens is 225 g/mol. The largest absolute Gasteiger partial charge is 0.480 e. The molecular formula is C12H10FNO3. The van der Waals surface area contributed by atoms with Crippen molar-refractivity contribution in [1.82, 2.24) is 4.57 Å². The second-order valence-electron chi connectivity index (χ2n) is 3.76. The molecule has 0 amide bonds. The third-order valence-corrected chi connectivity index (χ3v) is 2.66. The summed E-state index contributed by atoms with van der Waals surface area (Å²) >= 11 is 0. The van der Waals surface area contributed by atoms with Crippen molar-refractivity contribution in [2.24, 2.45) is 0 Å². The first-order valence-corrected chi connectivity index (χ1v) is 5.04. The van der Waals surface area contributed by atoms with E-state index in [1.54, 1.807) is 0 Å². The van der Waals surface area contributed by atoms with Crippen LogP contribution in [0.15, 0.2) is 35.3 Å². The van der Waals surface area contributed by atoms with Crippen LogP contribution in [0.1, 0.15) is 13.0 Å². The van der Waals surface area contributed by atoms with E-state index in [0.29, 0.717) is 5.39 Å². The van der Waals surface area contributed by atoms with Gasteiger partial charge < -0.3 is 9.67 Å². The number of carboxylic acid groups (broad SMARTS) is 1. The Morgan fingerprint density at radius 3 is 2.76 bits per heavy atom. The normalized spacial score (nSPS) is 12.6. The molecule has 1 atom stereocenters. The maximum absolute atomic E-state index is 13.2. The lowest BCUT2D eigenvalue weighted by molar-refractivity contribution is -0.140. The average molecular weight is 235 g/mol. The summed E-state index contributed by atoms with van der Waals surface area (Å²) in [5.41, 5.74) is 0.0289. The van der Waals surface area contributed by atoms with Crippen LogP contribution in [0.5, 0.6) is 0 Å². The molecule has 0 aliphatic heterocycles. The van der Waals surface area contributed by atoms with E-state index in [4.69, 9.17) is 5.11 Å². The van der Waals surface area contributed by atoms with Gasteiger partial charge in [-0.2, -0.15) is 0 Å². The molecule has 0 aliphatic carbocycles. The summed E-state index contributed by atoms with van der Waals surface area (Å²) in [7, 11) is 0. The minimum Gasteiger partial charge on any atom is -0.480 e. The average Bonchev–Trinajstić information content (AvgIpc) is 2.28. The van der Waals surface area contributed by atoms with Gasteiger partial charge in [-0.25, -0.2) is 9.18 Å². The van der Waals surface area contributed by atoms with Gasteiger partial charge in [0.15, 0.2) is 5.43 Å². The molecule has 0 radical (unpaired) electrons. The van der Waals surface area contributed by atoms with Crippen LogP contribution in [0.25, 0.3) is 10.9 Å². The molecule has 1 aromatic heterocycles. The summed E-state index contributed by atoms with van der Waals surface area (Å²) in [6.07, 6.45) is 1.36. The number of nitrogens with zero attached hydrogens (tertiary/aromatic N) is 1. The number of rotatable bonds is 2. The molecule has 1 heterocycles. The van der Waals surface area contributed by atoms with Gasteiger partial charge in [-0.15, -0.1) is 0 Å². The van der Waals surface area contributed by atoms with E-state index < -0.39 is 17.8 Å². The molecule has 2 rings (SSSR count). The van der Waals surface area contributed by atoms with E-state index in [-0.39, 0.29) is 10.9 Å². The van der Waals surface area contributed by atoms with Crippen LogP contribution in [0.2, 0.25) is 0 Å². The molecule has 4 nitrogen and oxygen atoms in total. The van der Waals surface area contributed by atoms with E-state index in [1.807, 2.05) is 0 Å². The lowest BCUT2D eigenvalue weighted by Gasteiger charge is -2.14. The molecule has 17 heavy (non-hydrogen) atoms. The highest BCUT2D eigenvalue weighted by Gasteiger charge is 2.15. The molecule has 0 bridgehead atoms. The van der Waals surface area contributed by atoms with Gasteiger partial charge in [0.1, 0.15) is 11.9 Å². The number of halogens is 1. The highest BCUT2D eigenvalue weighted by molar-refractivity contribution is 5.81. The summed E-state index contributed by atoms with van der Waals surface area (Å²) in [5, 5.41) is 9.25. The Hall–Kier alpha value is -2.17. The van der Waals surface area contributed by atoms with Gasteiger partial charge in [0.2, 0.25) is 0 Å². The van der Waals surface area contributed by atoms with Crippen molar-refractivity contribution < 1.29 is 14.3 Å². The first kappa shape index (κ1) is 11.3. The van der Waals surface area contributed by atoms with Crippen molar-refractivity contribution in [1.29, 1.82) is 0 Å². The van der Waals surface area contributed by atoms with Crippen molar-refractivity contribution in [3.8, 4) is 0 Å². The van der Waals surface area contributed by atoms with Crippen LogP contribution in [-0.4, -0.2) is 15.6 Å². The smallest absolute Gasteiger partial charge is 0.326 e. The van der Waals surface area contributed by atoms with Gasteiger partial charge in [0.25, 0.3) is 0 Å². The Morgan fingerprint density at radius 1 is 1.41 bits per heavy atom. The molecule has 0 spiro atoms. The van der Waals surface area contributed by atoms with E-state index in [2.05, 4.69) is 0 Å². The van der Waals surface area contributed by atoms with Crippen LogP contribution >= 0.6 is 0 Å². The third kappa shape index (κ3) is 1.91. The number of aromatic nitrogens is 1. The molecule has 2 aromatic rings. The summed E-state index contributed by atoms with van der Waals surface area (Å²) in [6, 6.07) is 4.12. The topological polar surface area (TPSA) is 59.3 Å². The molecule has 88 valence electrons. The molecule has 0 fully saturated rings. The van der Waals surface area contributed by atoms with Crippen LogP contribution in [0.3, 0.4) is 0 Å². The lowest BCUT2D eigenvalue weighted by atomic mass is 10.2. The Bertz CT molecular complexity index is 648. The van der Waals surface area contributed by atoms with Gasteiger partial charge in [-0.05, 0) is 25.1 Å². The van der Waals surface area contributed by atoms with Gasteiger partial charge in [-0.1, -0.05) is 0 Å². The van der Waals surface area contributed by atoms with Crippen molar-refractivity contribution in [3.63, 3.8) is 0 Å². The Morgan fingerprint density at radius 2 is 2.12 bits per heavy atom.